The van der Waals surface area contributed by atoms with Crippen LogP contribution in [0.4, 0.5) is 5.69 Å². The Morgan fingerprint density at radius 2 is 2.11 bits per heavy atom. The van der Waals surface area contributed by atoms with E-state index in [1.165, 1.54) is 5.69 Å². The lowest BCUT2D eigenvalue weighted by Crippen LogP contribution is -2.27. The number of ether oxygens (including phenoxy) is 1. The quantitative estimate of drug-likeness (QED) is 0.608. The van der Waals surface area contributed by atoms with Gasteiger partial charge in [0, 0.05) is 30.9 Å². The van der Waals surface area contributed by atoms with Gasteiger partial charge >= 0.3 is 0 Å². The summed E-state index contributed by atoms with van der Waals surface area (Å²) in [7, 11) is 0. The Balaban J connectivity index is 2.80. The topological polar surface area (TPSA) is 38.5 Å². The highest BCUT2D eigenvalue weighted by atomic mass is 32.1. The average Bonchev–Trinajstić information content (AvgIpc) is 2.34. The van der Waals surface area contributed by atoms with Crippen LogP contribution >= 0.6 is 12.2 Å². The fourth-order valence-corrected chi connectivity index (χ4v) is 2.14. The minimum absolute atomic E-state index is 0.455. The third kappa shape index (κ3) is 3.96. The Kier molecular flexibility index (Phi) is 6.09. The summed E-state index contributed by atoms with van der Waals surface area (Å²) in [5.74, 6) is 0. The summed E-state index contributed by atoms with van der Waals surface area (Å²) in [6, 6.07) is 6.19. The molecular weight excluding hydrogens is 244 g/mol. The number of nitrogens with zero attached hydrogens (tertiary/aromatic N) is 1. The van der Waals surface area contributed by atoms with Crippen LogP contribution in [-0.2, 0) is 4.74 Å². The van der Waals surface area contributed by atoms with Gasteiger partial charge in [-0.15, -0.1) is 0 Å². The summed E-state index contributed by atoms with van der Waals surface area (Å²) in [6.07, 6.45) is 0. The predicted molar refractivity (Wildman–Crippen MR) is 81.4 cm³/mol. The first-order chi connectivity index (χ1) is 8.60. The molecular formula is C14H22N2OS. The summed E-state index contributed by atoms with van der Waals surface area (Å²) >= 11 is 5.02. The van der Waals surface area contributed by atoms with Crippen LogP contribution in [0.2, 0.25) is 0 Å². The minimum Gasteiger partial charge on any atom is -0.389 e. The highest BCUT2D eigenvalue weighted by Crippen LogP contribution is 2.19. The minimum atomic E-state index is 0.455. The molecule has 1 aromatic rings. The number of anilines is 1. The molecule has 0 aliphatic rings. The molecule has 0 fully saturated rings. The molecule has 0 unspecified atom stereocenters. The van der Waals surface area contributed by atoms with Gasteiger partial charge in [-0.25, -0.2) is 0 Å². The smallest absolute Gasteiger partial charge is 0.104 e. The molecule has 18 heavy (non-hydrogen) atoms. The van der Waals surface area contributed by atoms with E-state index in [0.29, 0.717) is 4.99 Å². The Bertz CT molecular complexity index is 407. The number of nitrogens with two attached hydrogens (primary N) is 1. The molecule has 0 radical (unpaired) electrons. The Morgan fingerprint density at radius 3 is 2.61 bits per heavy atom. The zero-order valence-electron chi connectivity index (χ0n) is 11.4. The highest BCUT2D eigenvalue weighted by Gasteiger charge is 2.07. The van der Waals surface area contributed by atoms with E-state index >= 15 is 0 Å². The molecule has 0 saturated heterocycles. The molecule has 1 aromatic carbocycles. The fraction of sp³-hybridized carbons (Fsp3) is 0.500. The van der Waals surface area contributed by atoms with Crippen LogP contribution < -0.4 is 10.6 Å². The largest absolute Gasteiger partial charge is 0.389 e. The second kappa shape index (κ2) is 7.34. The Morgan fingerprint density at radius 1 is 1.39 bits per heavy atom. The Labute approximate surface area is 115 Å². The third-order valence-electron chi connectivity index (χ3n) is 2.93. The van der Waals surface area contributed by atoms with Gasteiger partial charge in [0.05, 0.1) is 6.61 Å². The molecule has 0 aliphatic carbocycles. The van der Waals surface area contributed by atoms with E-state index in [1.807, 2.05) is 19.9 Å². The summed E-state index contributed by atoms with van der Waals surface area (Å²) < 4.78 is 5.40. The fourth-order valence-electron chi connectivity index (χ4n) is 1.91. The molecule has 0 spiro atoms. The molecule has 2 N–H and O–H groups in total. The molecule has 4 heteroatoms. The molecule has 3 nitrogen and oxygen atoms in total. The first-order valence-corrected chi connectivity index (χ1v) is 6.74. The summed E-state index contributed by atoms with van der Waals surface area (Å²) in [6.45, 7) is 9.56. The van der Waals surface area contributed by atoms with Crippen LogP contribution in [-0.4, -0.2) is 31.3 Å². The molecule has 0 atom stereocenters. The van der Waals surface area contributed by atoms with E-state index in [-0.39, 0.29) is 0 Å². The molecule has 0 saturated carbocycles. The molecule has 1 rings (SSSR count). The van der Waals surface area contributed by atoms with Crippen molar-refractivity contribution in [2.45, 2.75) is 20.8 Å². The number of rotatable bonds is 7. The second-order valence-electron chi connectivity index (χ2n) is 4.14. The van der Waals surface area contributed by atoms with Gasteiger partial charge in [-0.3, -0.25) is 0 Å². The van der Waals surface area contributed by atoms with Crippen molar-refractivity contribution in [2.75, 3.05) is 31.2 Å². The number of aryl methyl sites for hydroxylation is 1. The van der Waals surface area contributed by atoms with Crippen molar-refractivity contribution in [1.29, 1.82) is 0 Å². The van der Waals surface area contributed by atoms with Crippen LogP contribution in [0.25, 0.3) is 0 Å². The zero-order valence-corrected chi connectivity index (χ0v) is 12.2. The maximum Gasteiger partial charge on any atom is 0.104 e. The summed E-state index contributed by atoms with van der Waals surface area (Å²) in [5.41, 5.74) is 8.93. The van der Waals surface area contributed by atoms with Crippen molar-refractivity contribution in [3.63, 3.8) is 0 Å². The first-order valence-electron chi connectivity index (χ1n) is 6.33. The van der Waals surface area contributed by atoms with Crippen molar-refractivity contribution in [3.05, 3.63) is 29.3 Å². The third-order valence-corrected chi connectivity index (χ3v) is 3.15. The molecule has 100 valence electrons. The van der Waals surface area contributed by atoms with Gasteiger partial charge in [0.15, 0.2) is 0 Å². The predicted octanol–water partition coefficient (Wildman–Crippen LogP) is 2.49. The lowest BCUT2D eigenvalue weighted by atomic mass is 10.1. The number of hydrogen-bond acceptors (Lipinski definition) is 3. The number of hydrogen-bond donors (Lipinski definition) is 1. The standard InChI is InChI=1S/C14H22N2OS/c1-4-16(8-9-17-5-2)12-6-7-13(14(15)18)11(3)10-12/h6-7,10H,4-5,8-9H2,1-3H3,(H2,15,18). The van der Waals surface area contributed by atoms with E-state index in [4.69, 9.17) is 22.7 Å². The van der Waals surface area contributed by atoms with Crippen LogP contribution in [0.5, 0.6) is 0 Å². The van der Waals surface area contributed by atoms with E-state index in [2.05, 4.69) is 24.0 Å². The van der Waals surface area contributed by atoms with Crippen LogP contribution in [0.15, 0.2) is 18.2 Å². The van der Waals surface area contributed by atoms with Crippen LogP contribution in [0, 0.1) is 6.92 Å². The van der Waals surface area contributed by atoms with Gasteiger partial charge in [-0.05, 0) is 44.5 Å². The Hall–Kier alpha value is -1.13. The summed E-state index contributed by atoms with van der Waals surface area (Å²) in [5, 5.41) is 0. The molecule has 0 bridgehead atoms. The lowest BCUT2D eigenvalue weighted by Gasteiger charge is -2.24. The second-order valence-corrected chi connectivity index (χ2v) is 4.58. The van der Waals surface area contributed by atoms with Gasteiger partial charge < -0.3 is 15.4 Å². The molecule has 0 aliphatic heterocycles. The van der Waals surface area contributed by atoms with Gasteiger partial charge in [-0.1, -0.05) is 12.2 Å². The maximum atomic E-state index is 5.67. The maximum absolute atomic E-state index is 5.67. The van der Waals surface area contributed by atoms with Gasteiger partial charge in [-0.2, -0.15) is 0 Å². The monoisotopic (exact) mass is 266 g/mol. The van der Waals surface area contributed by atoms with E-state index in [9.17, 15) is 0 Å². The first kappa shape index (κ1) is 14.9. The van der Waals surface area contributed by atoms with Gasteiger partial charge in [0.1, 0.15) is 4.99 Å². The van der Waals surface area contributed by atoms with Gasteiger partial charge in [0.25, 0.3) is 0 Å². The zero-order chi connectivity index (χ0) is 13.5. The van der Waals surface area contributed by atoms with E-state index < -0.39 is 0 Å². The highest BCUT2D eigenvalue weighted by molar-refractivity contribution is 7.80. The molecule has 0 heterocycles. The number of likely N-dealkylation sites (N-methyl/N-ethyl adjacent to an activating group) is 1. The van der Waals surface area contributed by atoms with Crippen molar-refractivity contribution >= 4 is 22.9 Å². The van der Waals surface area contributed by atoms with Crippen molar-refractivity contribution < 1.29 is 4.74 Å². The van der Waals surface area contributed by atoms with Crippen LogP contribution in [0.3, 0.4) is 0 Å². The number of thiocarbonyl (C=S) groups is 1. The van der Waals surface area contributed by atoms with Crippen LogP contribution in [0.1, 0.15) is 25.0 Å². The average molecular weight is 266 g/mol. The van der Waals surface area contributed by atoms with Gasteiger partial charge in [0.2, 0.25) is 0 Å². The molecule has 0 aromatic heterocycles. The normalized spacial score (nSPS) is 10.4. The lowest BCUT2D eigenvalue weighted by molar-refractivity contribution is 0.154. The van der Waals surface area contributed by atoms with Crippen molar-refractivity contribution in [1.82, 2.24) is 0 Å². The molecule has 0 amide bonds. The number of benzene rings is 1. The van der Waals surface area contributed by atoms with E-state index in [1.54, 1.807) is 0 Å². The summed E-state index contributed by atoms with van der Waals surface area (Å²) in [4.78, 5) is 2.74. The van der Waals surface area contributed by atoms with Crippen molar-refractivity contribution in [3.8, 4) is 0 Å². The van der Waals surface area contributed by atoms with Crippen molar-refractivity contribution in [2.24, 2.45) is 5.73 Å². The SMILES string of the molecule is CCOCCN(CC)c1ccc(C(N)=S)c(C)c1. The van der Waals surface area contributed by atoms with E-state index in [0.717, 1.165) is 37.4 Å².